The van der Waals surface area contributed by atoms with Gasteiger partial charge in [-0.3, -0.25) is 19.3 Å². The van der Waals surface area contributed by atoms with E-state index in [-0.39, 0.29) is 24.1 Å². The molecule has 33 heavy (non-hydrogen) atoms. The maximum Gasteiger partial charge on any atom is 0.262 e. The van der Waals surface area contributed by atoms with Gasteiger partial charge in [-0.25, -0.2) is 5.06 Å². The second-order valence-electron chi connectivity index (χ2n) is 8.07. The van der Waals surface area contributed by atoms with Gasteiger partial charge in [0.05, 0.1) is 24.9 Å². The fraction of sp³-hybridized carbons (Fsp3) is 0.231. The molecule has 0 spiro atoms. The van der Waals surface area contributed by atoms with Crippen molar-refractivity contribution in [3.63, 3.8) is 0 Å². The summed E-state index contributed by atoms with van der Waals surface area (Å²) in [6.07, 6.45) is -0.921. The molecule has 3 atom stereocenters. The van der Waals surface area contributed by atoms with Crippen molar-refractivity contribution in [3.05, 3.63) is 90.0 Å². The molecule has 7 nitrogen and oxygen atoms in total. The van der Waals surface area contributed by atoms with Crippen molar-refractivity contribution in [3.8, 4) is 11.5 Å². The van der Waals surface area contributed by atoms with Crippen LogP contribution in [-0.2, 0) is 21.0 Å². The Morgan fingerprint density at radius 2 is 1.64 bits per heavy atom. The number of likely N-dealkylation sites (tertiary alicyclic amines) is 1. The summed E-state index contributed by atoms with van der Waals surface area (Å²) in [6.45, 7) is 2.42. The molecule has 0 radical (unpaired) electrons. The summed E-state index contributed by atoms with van der Waals surface area (Å²) in [5.74, 6) is -1.00. The van der Waals surface area contributed by atoms with Crippen LogP contribution in [0.1, 0.15) is 24.1 Å². The van der Waals surface area contributed by atoms with Crippen molar-refractivity contribution in [1.29, 1.82) is 0 Å². The third-order valence-corrected chi connectivity index (χ3v) is 6.03. The van der Waals surface area contributed by atoms with Gasteiger partial charge in [0.25, 0.3) is 5.91 Å². The molecule has 2 heterocycles. The van der Waals surface area contributed by atoms with Gasteiger partial charge in [0.1, 0.15) is 5.92 Å². The van der Waals surface area contributed by atoms with E-state index >= 15 is 0 Å². The summed E-state index contributed by atoms with van der Waals surface area (Å²) >= 11 is 0. The smallest absolute Gasteiger partial charge is 0.262 e. The molecule has 3 aromatic rings. The van der Waals surface area contributed by atoms with E-state index in [1.165, 1.54) is 4.90 Å². The molecule has 2 aliphatic rings. The molecule has 0 aromatic heterocycles. The second-order valence-corrected chi connectivity index (χ2v) is 8.07. The first-order valence-corrected chi connectivity index (χ1v) is 10.9. The van der Waals surface area contributed by atoms with Crippen LogP contribution in [0.3, 0.4) is 0 Å². The lowest BCUT2D eigenvalue weighted by Gasteiger charge is -2.29. The standard InChI is InChI=1S/C26H24N2O5/c1-2-32-21-15-18(13-14-20(21)29)23-22-24(33-28(23)19-11-7-4-8-12-19)26(31)27(25(22)30)16-17-9-5-3-6-10-17/h3-15,22-24,29H,2,16H2,1H3/t22-,23-,24+/m0/s1. The number of rotatable bonds is 6. The van der Waals surface area contributed by atoms with Crippen LogP contribution in [0.5, 0.6) is 11.5 Å². The highest BCUT2D eigenvalue weighted by molar-refractivity contribution is 6.07. The number of aromatic hydroxyl groups is 1. The Balaban J connectivity index is 1.54. The maximum absolute atomic E-state index is 13.6. The van der Waals surface area contributed by atoms with Crippen LogP contribution in [-0.4, -0.2) is 34.5 Å². The van der Waals surface area contributed by atoms with Crippen LogP contribution in [0, 0.1) is 5.92 Å². The molecule has 7 heteroatoms. The summed E-state index contributed by atoms with van der Waals surface area (Å²) in [5.41, 5.74) is 2.33. The molecule has 5 rings (SSSR count). The van der Waals surface area contributed by atoms with Gasteiger partial charge < -0.3 is 9.84 Å². The third kappa shape index (κ3) is 3.70. The van der Waals surface area contributed by atoms with E-state index in [2.05, 4.69) is 0 Å². The zero-order valence-electron chi connectivity index (χ0n) is 18.1. The number of phenolic OH excluding ortho intramolecular Hbond substituents is 1. The Bertz CT molecular complexity index is 1170. The molecule has 0 unspecified atom stereocenters. The summed E-state index contributed by atoms with van der Waals surface area (Å²) in [5, 5.41) is 11.8. The van der Waals surface area contributed by atoms with Gasteiger partial charge in [-0.05, 0) is 42.3 Å². The summed E-state index contributed by atoms with van der Waals surface area (Å²) < 4.78 is 5.57. The molecule has 0 saturated carbocycles. The van der Waals surface area contributed by atoms with Crippen LogP contribution >= 0.6 is 0 Å². The van der Waals surface area contributed by atoms with Crippen LogP contribution in [0.4, 0.5) is 5.69 Å². The predicted octanol–water partition coefficient (Wildman–Crippen LogP) is 3.84. The SMILES string of the molecule is CCOc1cc([C@H]2[C@@H]3C(=O)N(Cc4ccccc4)C(=O)[C@@H]3ON2c2ccccc2)ccc1O. The normalized spacial score (nSPS) is 22.0. The zero-order valence-corrected chi connectivity index (χ0v) is 18.1. The quantitative estimate of drug-likeness (QED) is 0.582. The zero-order chi connectivity index (χ0) is 22.9. The monoisotopic (exact) mass is 444 g/mol. The van der Waals surface area contributed by atoms with Gasteiger partial charge in [0, 0.05) is 0 Å². The Hall–Kier alpha value is -3.84. The van der Waals surface area contributed by atoms with Crippen LogP contribution in [0.2, 0.25) is 0 Å². The second kappa shape index (κ2) is 8.60. The molecule has 168 valence electrons. The van der Waals surface area contributed by atoms with Crippen molar-refractivity contribution in [2.75, 3.05) is 11.7 Å². The van der Waals surface area contributed by atoms with E-state index in [1.54, 1.807) is 23.3 Å². The van der Waals surface area contributed by atoms with E-state index in [9.17, 15) is 14.7 Å². The average Bonchev–Trinajstić information content (AvgIpc) is 3.34. The minimum Gasteiger partial charge on any atom is -0.504 e. The lowest BCUT2D eigenvalue weighted by molar-refractivity contribution is -0.143. The Labute approximate surface area is 191 Å². The molecular weight excluding hydrogens is 420 g/mol. The van der Waals surface area contributed by atoms with Crippen molar-refractivity contribution >= 4 is 17.5 Å². The number of nitrogens with zero attached hydrogens (tertiary/aromatic N) is 2. The minimum absolute atomic E-state index is 0.0156. The first kappa shape index (κ1) is 21.0. The molecule has 2 fully saturated rings. The molecular formula is C26H24N2O5. The lowest BCUT2D eigenvalue weighted by atomic mass is 9.90. The fourth-order valence-corrected chi connectivity index (χ4v) is 4.52. The summed E-state index contributed by atoms with van der Waals surface area (Å²) in [4.78, 5) is 34.2. The number of anilines is 1. The topological polar surface area (TPSA) is 79.3 Å². The van der Waals surface area contributed by atoms with Crippen molar-refractivity contribution in [2.24, 2.45) is 5.92 Å². The fourth-order valence-electron chi connectivity index (χ4n) is 4.52. The van der Waals surface area contributed by atoms with Crippen molar-refractivity contribution < 1.29 is 24.3 Å². The number of benzene rings is 3. The number of para-hydroxylation sites is 1. The van der Waals surface area contributed by atoms with E-state index in [1.807, 2.05) is 67.6 Å². The Morgan fingerprint density at radius 3 is 2.33 bits per heavy atom. The highest BCUT2D eigenvalue weighted by atomic mass is 16.7. The number of ether oxygens (including phenoxy) is 1. The molecule has 1 N–H and O–H groups in total. The van der Waals surface area contributed by atoms with Gasteiger partial charge in [-0.2, -0.15) is 0 Å². The number of hydroxylamine groups is 1. The van der Waals surface area contributed by atoms with Gasteiger partial charge in [0.15, 0.2) is 17.6 Å². The van der Waals surface area contributed by atoms with Gasteiger partial charge in [-0.1, -0.05) is 54.6 Å². The number of imide groups is 1. The number of hydrogen-bond donors (Lipinski definition) is 1. The number of fused-ring (bicyclic) bond motifs is 1. The Kier molecular flexibility index (Phi) is 5.48. The van der Waals surface area contributed by atoms with Crippen molar-refractivity contribution in [1.82, 2.24) is 4.90 Å². The number of carbonyl (C=O) groups excluding carboxylic acids is 2. The summed E-state index contributed by atoms with van der Waals surface area (Å²) in [6, 6.07) is 23.2. The number of amides is 2. The summed E-state index contributed by atoms with van der Waals surface area (Å²) in [7, 11) is 0. The predicted molar refractivity (Wildman–Crippen MR) is 121 cm³/mol. The molecule has 2 aliphatic heterocycles. The van der Waals surface area contributed by atoms with Crippen LogP contribution in [0.15, 0.2) is 78.9 Å². The highest BCUT2D eigenvalue weighted by Crippen LogP contribution is 2.48. The average molecular weight is 444 g/mol. The molecule has 0 aliphatic carbocycles. The number of phenols is 1. The number of carbonyl (C=O) groups is 2. The van der Waals surface area contributed by atoms with Gasteiger partial charge in [-0.15, -0.1) is 0 Å². The molecule has 2 saturated heterocycles. The van der Waals surface area contributed by atoms with E-state index in [0.717, 1.165) is 16.8 Å². The van der Waals surface area contributed by atoms with E-state index in [4.69, 9.17) is 9.57 Å². The maximum atomic E-state index is 13.6. The largest absolute Gasteiger partial charge is 0.504 e. The first-order chi connectivity index (χ1) is 16.1. The molecule has 2 amide bonds. The number of hydrogen-bond acceptors (Lipinski definition) is 6. The lowest BCUT2D eigenvalue weighted by Crippen LogP contribution is -2.36. The first-order valence-electron chi connectivity index (χ1n) is 10.9. The van der Waals surface area contributed by atoms with Crippen molar-refractivity contribution in [2.45, 2.75) is 25.6 Å². The van der Waals surface area contributed by atoms with E-state index in [0.29, 0.717) is 12.4 Å². The van der Waals surface area contributed by atoms with Gasteiger partial charge in [0.2, 0.25) is 5.91 Å². The molecule has 0 bridgehead atoms. The van der Waals surface area contributed by atoms with E-state index < -0.39 is 18.1 Å². The van der Waals surface area contributed by atoms with Gasteiger partial charge >= 0.3 is 0 Å². The molecule has 3 aromatic carbocycles. The Morgan fingerprint density at radius 1 is 0.939 bits per heavy atom. The third-order valence-electron chi connectivity index (χ3n) is 6.03. The minimum atomic E-state index is -0.921. The van der Waals surface area contributed by atoms with Crippen LogP contribution in [0.25, 0.3) is 0 Å². The van der Waals surface area contributed by atoms with Crippen LogP contribution < -0.4 is 9.80 Å². The highest BCUT2D eigenvalue weighted by Gasteiger charge is 2.59.